The second-order valence-corrected chi connectivity index (χ2v) is 4.87. The van der Waals surface area contributed by atoms with Crippen LogP contribution in [-0.4, -0.2) is 31.0 Å². The highest BCUT2D eigenvalue weighted by Gasteiger charge is 2.16. The minimum Gasteiger partial charge on any atom is -0.485 e. The van der Waals surface area contributed by atoms with Gasteiger partial charge in [0.25, 0.3) is 0 Å². The van der Waals surface area contributed by atoms with Crippen molar-refractivity contribution >= 4 is 16.7 Å². The van der Waals surface area contributed by atoms with E-state index in [1.165, 1.54) is 0 Å². The van der Waals surface area contributed by atoms with Crippen molar-refractivity contribution in [1.82, 2.24) is 25.2 Å². The molecule has 3 aromatic rings. The molecule has 21 heavy (non-hydrogen) atoms. The van der Waals surface area contributed by atoms with Gasteiger partial charge in [-0.15, -0.1) is 10.2 Å². The predicted molar refractivity (Wildman–Crippen MR) is 76.2 cm³/mol. The van der Waals surface area contributed by atoms with E-state index < -0.39 is 0 Å². The molecule has 0 saturated heterocycles. The Kier molecular flexibility index (Phi) is 3.17. The Morgan fingerprint density at radius 1 is 1.43 bits per heavy atom. The summed E-state index contributed by atoms with van der Waals surface area (Å²) in [5.41, 5.74) is 2.69. The van der Waals surface area contributed by atoms with Gasteiger partial charge in [-0.25, -0.2) is 0 Å². The van der Waals surface area contributed by atoms with Crippen molar-refractivity contribution < 1.29 is 9.53 Å². The second kappa shape index (κ2) is 5.01. The summed E-state index contributed by atoms with van der Waals surface area (Å²) in [5, 5.41) is 14.4. The number of H-pyrrole nitrogens is 1. The first kappa shape index (κ1) is 13.3. The first-order valence-electron chi connectivity index (χ1n) is 6.53. The van der Waals surface area contributed by atoms with Crippen LogP contribution in [0, 0.1) is 6.92 Å². The number of aryl methyl sites for hydroxylation is 1. The molecule has 0 aliphatic rings. The van der Waals surface area contributed by atoms with Gasteiger partial charge in [-0.1, -0.05) is 5.21 Å². The van der Waals surface area contributed by atoms with Crippen LogP contribution >= 0.6 is 0 Å². The lowest BCUT2D eigenvalue weighted by Crippen LogP contribution is -1.98. The maximum absolute atomic E-state index is 11.9. The average molecular weight is 285 g/mol. The number of nitrogens with one attached hydrogen (secondary N) is 1. The minimum absolute atomic E-state index is 0.0495. The van der Waals surface area contributed by atoms with Crippen molar-refractivity contribution in [3.63, 3.8) is 0 Å². The van der Waals surface area contributed by atoms with E-state index >= 15 is 0 Å². The topological polar surface area (TPSA) is 85.7 Å². The molecule has 0 bridgehead atoms. The highest BCUT2D eigenvalue weighted by atomic mass is 16.5. The number of hydrogen-bond donors (Lipinski definition) is 1. The van der Waals surface area contributed by atoms with E-state index in [1.807, 2.05) is 36.7 Å². The molecular weight excluding hydrogens is 270 g/mol. The number of ketones is 1. The SMILES string of the molecule is CC(=O)c1c(C)n(C)c2ccc(OCc3nn[nH]n3)cc12. The molecule has 7 nitrogen and oxygen atoms in total. The van der Waals surface area contributed by atoms with Gasteiger partial charge in [-0.2, -0.15) is 5.21 Å². The Morgan fingerprint density at radius 3 is 2.90 bits per heavy atom. The molecule has 1 aromatic carbocycles. The largest absolute Gasteiger partial charge is 0.485 e. The number of hydrogen-bond acceptors (Lipinski definition) is 5. The van der Waals surface area contributed by atoms with Crippen LogP contribution < -0.4 is 4.74 Å². The molecule has 0 amide bonds. The van der Waals surface area contributed by atoms with Gasteiger partial charge >= 0.3 is 0 Å². The number of Topliss-reactive ketones (excluding diaryl/α,β-unsaturated/α-hetero) is 1. The number of fused-ring (bicyclic) bond motifs is 1. The van der Waals surface area contributed by atoms with Gasteiger partial charge < -0.3 is 9.30 Å². The summed E-state index contributed by atoms with van der Waals surface area (Å²) in [7, 11) is 1.95. The van der Waals surface area contributed by atoms with Gasteiger partial charge in [0.05, 0.1) is 0 Å². The Balaban J connectivity index is 1.99. The molecule has 0 spiro atoms. The highest BCUT2D eigenvalue weighted by molar-refractivity contribution is 6.08. The van der Waals surface area contributed by atoms with Crippen molar-refractivity contribution in [3.05, 3.63) is 35.3 Å². The van der Waals surface area contributed by atoms with Gasteiger partial charge in [0.1, 0.15) is 5.75 Å². The Hall–Kier alpha value is -2.70. The monoisotopic (exact) mass is 285 g/mol. The van der Waals surface area contributed by atoms with Crippen LogP contribution in [-0.2, 0) is 13.7 Å². The molecule has 0 aliphatic heterocycles. The minimum atomic E-state index is 0.0495. The van der Waals surface area contributed by atoms with Crippen LogP contribution in [0.4, 0.5) is 0 Å². The van der Waals surface area contributed by atoms with Crippen molar-refractivity contribution in [2.24, 2.45) is 7.05 Å². The first-order valence-corrected chi connectivity index (χ1v) is 6.53. The molecule has 0 radical (unpaired) electrons. The lowest BCUT2D eigenvalue weighted by atomic mass is 10.1. The molecule has 3 rings (SSSR count). The van der Waals surface area contributed by atoms with Gasteiger partial charge in [0.2, 0.25) is 5.82 Å². The number of benzene rings is 1. The van der Waals surface area contributed by atoms with E-state index in [0.29, 0.717) is 11.6 Å². The van der Waals surface area contributed by atoms with Crippen LogP contribution in [0.1, 0.15) is 28.8 Å². The molecule has 108 valence electrons. The average Bonchev–Trinajstić information content (AvgIpc) is 3.05. The lowest BCUT2D eigenvalue weighted by Gasteiger charge is -2.04. The van der Waals surface area contributed by atoms with E-state index in [4.69, 9.17) is 4.74 Å². The number of carbonyl (C=O) groups is 1. The molecule has 1 N–H and O–H groups in total. The number of aromatic nitrogens is 5. The Bertz CT molecular complexity index is 804. The van der Waals surface area contributed by atoms with Gasteiger partial charge in [-0.3, -0.25) is 4.79 Å². The summed E-state index contributed by atoms with van der Waals surface area (Å²) >= 11 is 0. The van der Waals surface area contributed by atoms with E-state index in [2.05, 4.69) is 20.6 Å². The van der Waals surface area contributed by atoms with Crippen molar-refractivity contribution in [3.8, 4) is 5.75 Å². The normalized spacial score (nSPS) is 11.0. The summed E-state index contributed by atoms with van der Waals surface area (Å²) < 4.78 is 7.65. The summed E-state index contributed by atoms with van der Waals surface area (Å²) in [6, 6.07) is 5.69. The zero-order valence-corrected chi connectivity index (χ0v) is 12.0. The third-order valence-corrected chi connectivity index (χ3v) is 3.57. The van der Waals surface area contributed by atoms with Crippen LogP contribution in [0.25, 0.3) is 10.9 Å². The molecule has 0 aliphatic carbocycles. The third kappa shape index (κ3) is 2.26. The number of nitrogens with zero attached hydrogens (tertiary/aromatic N) is 4. The molecule has 0 fully saturated rings. The van der Waals surface area contributed by atoms with E-state index in [1.54, 1.807) is 6.92 Å². The van der Waals surface area contributed by atoms with E-state index in [9.17, 15) is 4.79 Å². The van der Waals surface area contributed by atoms with E-state index in [-0.39, 0.29) is 12.4 Å². The summed E-state index contributed by atoms with van der Waals surface area (Å²) in [6.45, 7) is 3.74. The zero-order chi connectivity index (χ0) is 15.0. The number of rotatable bonds is 4. The van der Waals surface area contributed by atoms with Crippen molar-refractivity contribution in [1.29, 1.82) is 0 Å². The van der Waals surface area contributed by atoms with Crippen LogP contribution in [0.15, 0.2) is 18.2 Å². The third-order valence-electron chi connectivity index (χ3n) is 3.57. The fourth-order valence-corrected chi connectivity index (χ4v) is 2.48. The molecule has 0 unspecified atom stereocenters. The summed E-state index contributed by atoms with van der Waals surface area (Å²) in [6.07, 6.45) is 0. The number of carbonyl (C=O) groups excluding carboxylic acids is 1. The maximum Gasteiger partial charge on any atom is 0.211 e. The zero-order valence-electron chi connectivity index (χ0n) is 12.0. The van der Waals surface area contributed by atoms with Gasteiger partial charge in [0, 0.05) is 29.2 Å². The second-order valence-electron chi connectivity index (χ2n) is 4.87. The molecule has 2 aromatic heterocycles. The smallest absolute Gasteiger partial charge is 0.211 e. The molecule has 0 atom stereocenters. The van der Waals surface area contributed by atoms with Crippen LogP contribution in [0.2, 0.25) is 0 Å². The van der Waals surface area contributed by atoms with Gasteiger partial charge in [-0.05, 0) is 32.0 Å². The maximum atomic E-state index is 11.9. The summed E-state index contributed by atoms with van der Waals surface area (Å²) in [5.74, 6) is 1.19. The molecule has 2 heterocycles. The lowest BCUT2D eigenvalue weighted by molar-refractivity contribution is 0.101. The number of ether oxygens (including phenoxy) is 1. The Labute approximate surface area is 120 Å². The van der Waals surface area contributed by atoms with Gasteiger partial charge in [0.15, 0.2) is 12.4 Å². The van der Waals surface area contributed by atoms with Crippen molar-refractivity contribution in [2.45, 2.75) is 20.5 Å². The highest BCUT2D eigenvalue weighted by Crippen LogP contribution is 2.29. The predicted octanol–water partition coefficient (Wildman–Crippen LogP) is 1.78. The quantitative estimate of drug-likeness (QED) is 0.738. The number of tetrazole rings is 1. The standard InChI is InChI=1S/C14H15N5O2/c1-8-14(9(2)20)11-6-10(4-5-12(11)19(8)3)21-7-13-15-17-18-16-13/h4-6H,7H2,1-3H3,(H,15,16,17,18). The molecular formula is C14H15N5O2. The first-order chi connectivity index (χ1) is 10.1. The summed E-state index contributed by atoms with van der Waals surface area (Å²) in [4.78, 5) is 11.9. The molecule has 7 heteroatoms. The van der Waals surface area contributed by atoms with E-state index in [0.717, 1.165) is 22.2 Å². The molecule has 0 saturated carbocycles. The Morgan fingerprint density at radius 2 is 2.24 bits per heavy atom. The van der Waals surface area contributed by atoms with Crippen molar-refractivity contribution in [2.75, 3.05) is 0 Å². The van der Waals surface area contributed by atoms with Crippen LogP contribution in [0.3, 0.4) is 0 Å². The number of aromatic amines is 1. The fraction of sp³-hybridized carbons (Fsp3) is 0.286. The van der Waals surface area contributed by atoms with Crippen LogP contribution in [0.5, 0.6) is 5.75 Å². The fourth-order valence-electron chi connectivity index (χ4n) is 2.48.